The number of benzene rings is 5. The van der Waals surface area contributed by atoms with E-state index < -0.39 is 10.0 Å². The van der Waals surface area contributed by atoms with Crippen LogP contribution in [-0.4, -0.2) is 20.9 Å². The first kappa shape index (κ1) is 22.6. The Hall–Kier alpha value is -4.16. The second-order valence-electron chi connectivity index (χ2n) is 8.35. The molecule has 0 bridgehead atoms. The monoisotopic (exact) mass is 480 g/mol. The molecule has 2 N–H and O–H groups in total. The molecule has 174 valence electrons. The van der Waals surface area contributed by atoms with Crippen LogP contribution in [-0.2, 0) is 16.4 Å². The summed E-state index contributed by atoms with van der Waals surface area (Å²) in [7, 11) is -3.73. The first-order valence-electron chi connectivity index (χ1n) is 11.4. The van der Waals surface area contributed by atoms with Gasteiger partial charge in [-0.3, -0.25) is 9.52 Å². The summed E-state index contributed by atoms with van der Waals surface area (Å²) >= 11 is 0. The van der Waals surface area contributed by atoms with Crippen LogP contribution in [0.3, 0.4) is 0 Å². The maximum absolute atomic E-state index is 13.0. The molecule has 1 amide bonds. The van der Waals surface area contributed by atoms with Crippen LogP contribution in [0.4, 0.5) is 5.69 Å². The minimum absolute atomic E-state index is 0.116. The molecule has 0 aromatic heterocycles. The van der Waals surface area contributed by atoms with E-state index in [2.05, 4.69) is 10.0 Å². The third-order valence-electron chi connectivity index (χ3n) is 5.96. The van der Waals surface area contributed by atoms with Gasteiger partial charge >= 0.3 is 0 Å². The summed E-state index contributed by atoms with van der Waals surface area (Å²) in [5.74, 6) is -0.116. The number of carbonyl (C=O) groups excluding carboxylic acids is 1. The minimum Gasteiger partial charge on any atom is -0.352 e. The maximum atomic E-state index is 13.0. The van der Waals surface area contributed by atoms with Crippen LogP contribution in [0.2, 0.25) is 0 Å². The van der Waals surface area contributed by atoms with Gasteiger partial charge in [-0.1, -0.05) is 78.9 Å². The van der Waals surface area contributed by atoms with Crippen LogP contribution in [0.1, 0.15) is 15.9 Å². The smallest absolute Gasteiger partial charge is 0.262 e. The van der Waals surface area contributed by atoms with Crippen molar-refractivity contribution >= 4 is 43.2 Å². The van der Waals surface area contributed by atoms with Gasteiger partial charge in [0, 0.05) is 23.2 Å². The van der Waals surface area contributed by atoms with Crippen LogP contribution in [0.5, 0.6) is 0 Å². The normalized spacial score (nSPS) is 11.4. The fraction of sp³-hybridized carbons (Fsp3) is 0.0690. The number of sulfonamides is 1. The lowest BCUT2D eigenvalue weighted by Gasteiger charge is -2.11. The molecule has 0 heterocycles. The van der Waals surface area contributed by atoms with Gasteiger partial charge in [-0.2, -0.15) is 0 Å². The average molecular weight is 481 g/mol. The number of hydrogen-bond donors (Lipinski definition) is 2. The van der Waals surface area contributed by atoms with E-state index in [1.165, 1.54) is 0 Å². The molecule has 0 saturated heterocycles. The molecule has 0 radical (unpaired) electrons. The van der Waals surface area contributed by atoms with Crippen LogP contribution >= 0.6 is 0 Å². The molecule has 6 heteroatoms. The molecule has 0 aliphatic heterocycles. The van der Waals surface area contributed by atoms with Gasteiger partial charge in [0.2, 0.25) is 0 Å². The van der Waals surface area contributed by atoms with Gasteiger partial charge in [0.25, 0.3) is 15.9 Å². The lowest BCUT2D eigenvalue weighted by molar-refractivity contribution is 0.0954. The van der Waals surface area contributed by atoms with E-state index in [1.807, 2.05) is 78.9 Å². The van der Waals surface area contributed by atoms with Gasteiger partial charge < -0.3 is 5.32 Å². The number of carbonyl (C=O) groups is 1. The molecule has 0 spiro atoms. The Morgan fingerprint density at radius 2 is 1.37 bits per heavy atom. The Kier molecular flexibility index (Phi) is 6.21. The SMILES string of the molecule is O=C(NCCc1ccc(NS(=O)(=O)c2cccc3ccccc23)cc1)c1ccc2ccccc2c1. The van der Waals surface area contributed by atoms with Gasteiger partial charge in [0.1, 0.15) is 0 Å². The van der Waals surface area contributed by atoms with Crippen LogP contribution in [0, 0.1) is 0 Å². The summed E-state index contributed by atoms with van der Waals surface area (Å²) in [4.78, 5) is 12.8. The predicted octanol–water partition coefficient (Wildman–Crippen LogP) is 5.77. The number of fused-ring (bicyclic) bond motifs is 2. The second kappa shape index (κ2) is 9.60. The molecule has 0 fully saturated rings. The van der Waals surface area contributed by atoms with Crippen LogP contribution in [0.25, 0.3) is 21.5 Å². The molecule has 5 nitrogen and oxygen atoms in total. The highest BCUT2D eigenvalue weighted by molar-refractivity contribution is 7.93. The lowest BCUT2D eigenvalue weighted by Crippen LogP contribution is -2.25. The molecule has 0 aliphatic rings. The van der Waals surface area contributed by atoms with Crippen molar-refractivity contribution in [3.63, 3.8) is 0 Å². The van der Waals surface area contributed by atoms with E-state index in [9.17, 15) is 13.2 Å². The highest BCUT2D eigenvalue weighted by Gasteiger charge is 2.17. The zero-order valence-electron chi connectivity index (χ0n) is 18.9. The fourth-order valence-electron chi connectivity index (χ4n) is 4.13. The van der Waals surface area contributed by atoms with Gasteiger partial charge in [0.05, 0.1) is 4.90 Å². The number of amides is 1. The summed E-state index contributed by atoms with van der Waals surface area (Å²) in [6.07, 6.45) is 0.635. The molecule has 5 aromatic carbocycles. The quantitative estimate of drug-likeness (QED) is 0.311. The largest absolute Gasteiger partial charge is 0.352 e. The van der Waals surface area contributed by atoms with E-state index in [0.29, 0.717) is 29.6 Å². The number of rotatable bonds is 7. The summed E-state index contributed by atoms with van der Waals surface area (Å²) in [6.45, 7) is 0.479. The summed E-state index contributed by atoms with van der Waals surface area (Å²) in [5.41, 5.74) is 2.11. The van der Waals surface area contributed by atoms with E-state index in [1.54, 1.807) is 30.3 Å². The van der Waals surface area contributed by atoms with Crippen molar-refractivity contribution in [2.24, 2.45) is 0 Å². The van der Waals surface area contributed by atoms with Crippen molar-refractivity contribution in [2.75, 3.05) is 11.3 Å². The van der Waals surface area contributed by atoms with Crippen molar-refractivity contribution in [1.29, 1.82) is 0 Å². The van der Waals surface area contributed by atoms with Gasteiger partial charge in [0.15, 0.2) is 0 Å². The van der Waals surface area contributed by atoms with E-state index in [0.717, 1.165) is 21.7 Å². The number of anilines is 1. The topological polar surface area (TPSA) is 75.3 Å². The van der Waals surface area contributed by atoms with Crippen LogP contribution < -0.4 is 10.0 Å². The van der Waals surface area contributed by atoms with E-state index in [-0.39, 0.29) is 10.8 Å². The number of nitrogens with one attached hydrogen (secondary N) is 2. The second-order valence-corrected chi connectivity index (χ2v) is 10.00. The van der Waals surface area contributed by atoms with E-state index >= 15 is 0 Å². The zero-order valence-corrected chi connectivity index (χ0v) is 19.8. The van der Waals surface area contributed by atoms with Crippen LogP contribution in [0.15, 0.2) is 114 Å². The Morgan fingerprint density at radius 1 is 0.686 bits per heavy atom. The minimum atomic E-state index is -3.73. The molecular weight excluding hydrogens is 456 g/mol. The molecule has 5 rings (SSSR count). The highest BCUT2D eigenvalue weighted by atomic mass is 32.2. The van der Waals surface area contributed by atoms with Gasteiger partial charge in [-0.05, 0) is 58.5 Å². The molecule has 0 aliphatic carbocycles. The molecule has 0 unspecified atom stereocenters. The summed E-state index contributed by atoms with van der Waals surface area (Å²) in [5, 5.41) is 6.63. The molecule has 0 saturated carbocycles. The summed E-state index contributed by atoms with van der Waals surface area (Å²) in [6, 6.07) is 33.5. The highest BCUT2D eigenvalue weighted by Crippen LogP contribution is 2.25. The molecular formula is C29H24N2O3S. The molecule has 35 heavy (non-hydrogen) atoms. The van der Waals surface area contributed by atoms with Crippen molar-refractivity contribution in [3.8, 4) is 0 Å². The molecule has 0 atom stereocenters. The third-order valence-corrected chi connectivity index (χ3v) is 7.40. The Balaban J connectivity index is 1.21. The van der Waals surface area contributed by atoms with Gasteiger partial charge in [-0.25, -0.2) is 8.42 Å². The fourth-order valence-corrected chi connectivity index (χ4v) is 5.42. The Labute approximate surface area is 204 Å². The van der Waals surface area contributed by atoms with Crippen molar-refractivity contribution in [2.45, 2.75) is 11.3 Å². The first-order valence-corrected chi connectivity index (χ1v) is 12.8. The van der Waals surface area contributed by atoms with Crippen molar-refractivity contribution < 1.29 is 13.2 Å². The zero-order chi connectivity index (χ0) is 24.3. The predicted molar refractivity (Wildman–Crippen MR) is 141 cm³/mol. The summed E-state index contributed by atoms with van der Waals surface area (Å²) < 4.78 is 28.7. The Morgan fingerprint density at radius 3 is 2.17 bits per heavy atom. The first-order chi connectivity index (χ1) is 17.0. The lowest BCUT2D eigenvalue weighted by atomic mass is 10.1. The third kappa shape index (κ3) is 5.03. The maximum Gasteiger partial charge on any atom is 0.262 e. The van der Waals surface area contributed by atoms with Gasteiger partial charge in [-0.15, -0.1) is 0 Å². The van der Waals surface area contributed by atoms with Crippen molar-refractivity contribution in [1.82, 2.24) is 5.32 Å². The standard InChI is InChI=1S/C29H24N2O3S/c32-29(25-15-14-22-6-1-2-8-24(22)20-25)30-19-18-21-12-16-26(17-13-21)31-35(33,34)28-11-5-9-23-7-3-4-10-27(23)28/h1-17,20,31H,18-19H2,(H,30,32). The molecule has 5 aromatic rings. The van der Waals surface area contributed by atoms with Crippen molar-refractivity contribution in [3.05, 3.63) is 120 Å². The average Bonchev–Trinajstić information content (AvgIpc) is 2.89. The number of hydrogen-bond acceptors (Lipinski definition) is 3. The van der Waals surface area contributed by atoms with E-state index in [4.69, 9.17) is 0 Å². The Bertz CT molecular complexity index is 1620.